The topological polar surface area (TPSA) is 54.9 Å². The zero-order chi connectivity index (χ0) is 10.8. The minimum atomic E-state index is -0.174. The average molecular weight is 246 g/mol. The molecule has 1 saturated carbocycles. The van der Waals surface area contributed by atoms with E-state index in [1.54, 1.807) is 0 Å². The molecule has 1 aliphatic carbocycles. The third kappa shape index (κ3) is 2.89. The molecular formula is C9H12ClN3OS. The summed E-state index contributed by atoms with van der Waals surface area (Å²) in [6.07, 6.45) is 2.59. The van der Waals surface area contributed by atoms with Crippen LogP contribution in [-0.2, 0) is 0 Å². The van der Waals surface area contributed by atoms with Crippen molar-refractivity contribution >= 4 is 28.8 Å². The van der Waals surface area contributed by atoms with Gasteiger partial charge in [-0.05, 0) is 36.3 Å². The number of carbonyl (C=O) groups excluding carboxylic acids is 1. The summed E-state index contributed by atoms with van der Waals surface area (Å²) in [5, 5.41) is 10.4. The van der Waals surface area contributed by atoms with Gasteiger partial charge in [0.05, 0.1) is 0 Å². The summed E-state index contributed by atoms with van der Waals surface area (Å²) < 4.78 is 0.301. The first-order chi connectivity index (χ1) is 7.16. The predicted octanol–water partition coefficient (Wildman–Crippen LogP) is 1.97. The van der Waals surface area contributed by atoms with Crippen molar-refractivity contribution in [1.82, 2.24) is 15.5 Å². The van der Waals surface area contributed by atoms with Crippen molar-refractivity contribution in [2.75, 3.05) is 6.54 Å². The summed E-state index contributed by atoms with van der Waals surface area (Å²) in [5.41, 5.74) is 0. The molecule has 1 unspecified atom stereocenters. The second-order valence-electron chi connectivity index (χ2n) is 3.88. The Balaban J connectivity index is 1.81. The van der Waals surface area contributed by atoms with Gasteiger partial charge in [-0.3, -0.25) is 4.79 Å². The van der Waals surface area contributed by atoms with Crippen LogP contribution in [0.25, 0.3) is 0 Å². The van der Waals surface area contributed by atoms with Gasteiger partial charge in [0.1, 0.15) is 0 Å². The first kappa shape index (κ1) is 10.8. The van der Waals surface area contributed by atoms with Gasteiger partial charge < -0.3 is 5.32 Å². The summed E-state index contributed by atoms with van der Waals surface area (Å²) >= 11 is 6.70. The van der Waals surface area contributed by atoms with Gasteiger partial charge in [0.15, 0.2) is 0 Å². The van der Waals surface area contributed by atoms with Crippen LogP contribution in [0.5, 0.6) is 0 Å². The standard InChI is InChI=1S/C9H12ClN3OS/c1-5(6-2-3-6)4-11-7(14)8-12-13-9(10)15-8/h5-6H,2-4H2,1H3,(H,11,14). The highest BCUT2D eigenvalue weighted by Gasteiger charge is 2.28. The smallest absolute Gasteiger partial charge is 0.282 e. The molecule has 1 atom stereocenters. The van der Waals surface area contributed by atoms with Crippen LogP contribution in [0.1, 0.15) is 29.6 Å². The van der Waals surface area contributed by atoms with Gasteiger partial charge in [-0.25, -0.2) is 0 Å². The molecule has 0 aliphatic heterocycles. The van der Waals surface area contributed by atoms with Crippen LogP contribution in [0, 0.1) is 11.8 Å². The van der Waals surface area contributed by atoms with Gasteiger partial charge >= 0.3 is 0 Å². The Morgan fingerprint density at radius 2 is 2.40 bits per heavy atom. The summed E-state index contributed by atoms with van der Waals surface area (Å²) in [5.74, 6) is 1.17. The average Bonchev–Trinajstić information content (AvgIpc) is 2.97. The van der Waals surface area contributed by atoms with Crippen molar-refractivity contribution in [2.24, 2.45) is 11.8 Å². The fraction of sp³-hybridized carbons (Fsp3) is 0.667. The zero-order valence-electron chi connectivity index (χ0n) is 8.36. The molecule has 1 aromatic rings. The number of nitrogens with one attached hydrogen (secondary N) is 1. The molecule has 4 nitrogen and oxygen atoms in total. The Kier molecular flexibility index (Phi) is 3.21. The van der Waals surface area contributed by atoms with Gasteiger partial charge in [-0.15, -0.1) is 10.2 Å². The molecular weight excluding hydrogens is 234 g/mol. The number of carbonyl (C=O) groups is 1. The Bertz CT molecular complexity index is 364. The van der Waals surface area contributed by atoms with E-state index in [0.717, 1.165) is 17.3 Å². The Morgan fingerprint density at radius 1 is 1.67 bits per heavy atom. The van der Waals surface area contributed by atoms with E-state index in [9.17, 15) is 4.79 Å². The van der Waals surface area contributed by atoms with Crippen molar-refractivity contribution in [1.29, 1.82) is 0 Å². The molecule has 15 heavy (non-hydrogen) atoms. The number of rotatable bonds is 4. The minimum Gasteiger partial charge on any atom is -0.350 e. The molecule has 0 radical (unpaired) electrons. The Labute approximate surface area is 97.0 Å². The first-order valence-electron chi connectivity index (χ1n) is 4.94. The van der Waals surface area contributed by atoms with Gasteiger partial charge in [0, 0.05) is 6.54 Å². The van der Waals surface area contributed by atoms with E-state index in [1.165, 1.54) is 12.8 Å². The lowest BCUT2D eigenvalue weighted by Crippen LogP contribution is -2.28. The molecule has 1 aromatic heterocycles. The molecule has 1 fully saturated rings. The highest BCUT2D eigenvalue weighted by Crippen LogP contribution is 2.36. The first-order valence-corrected chi connectivity index (χ1v) is 6.13. The largest absolute Gasteiger partial charge is 0.350 e. The predicted molar refractivity (Wildman–Crippen MR) is 59.1 cm³/mol. The molecule has 0 aromatic carbocycles. The van der Waals surface area contributed by atoms with Crippen molar-refractivity contribution in [2.45, 2.75) is 19.8 Å². The summed E-state index contributed by atoms with van der Waals surface area (Å²) in [4.78, 5) is 11.5. The Morgan fingerprint density at radius 3 is 2.93 bits per heavy atom. The van der Waals surface area contributed by atoms with Gasteiger partial charge in [0.2, 0.25) is 9.47 Å². The van der Waals surface area contributed by atoms with E-state index in [2.05, 4.69) is 22.4 Å². The molecule has 2 rings (SSSR count). The molecule has 82 valence electrons. The SMILES string of the molecule is CC(CNC(=O)c1nnc(Cl)s1)C1CC1. The van der Waals surface area contributed by atoms with Crippen LogP contribution in [0.4, 0.5) is 0 Å². The maximum absolute atomic E-state index is 11.5. The quantitative estimate of drug-likeness (QED) is 0.883. The minimum absolute atomic E-state index is 0.174. The van der Waals surface area contributed by atoms with E-state index in [-0.39, 0.29) is 5.91 Å². The normalized spacial score (nSPS) is 17.5. The van der Waals surface area contributed by atoms with Crippen molar-refractivity contribution < 1.29 is 4.79 Å². The monoisotopic (exact) mass is 245 g/mol. The summed E-state index contributed by atoms with van der Waals surface area (Å²) in [6, 6.07) is 0. The van der Waals surface area contributed by atoms with Crippen LogP contribution in [0.2, 0.25) is 4.47 Å². The van der Waals surface area contributed by atoms with E-state index < -0.39 is 0 Å². The maximum atomic E-state index is 11.5. The van der Waals surface area contributed by atoms with Gasteiger partial charge in [-0.2, -0.15) is 0 Å². The number of hydrogen-bond donors (Lipinski definition) is 1. The van der Waals surface area contributed by atoms with Crippen LogP contribution >= 0.6 is 22.9 Å². The molecule has 6 heteroatoms. The fourth-order valence-electron chi connectivity index (χ4n) is 1.46. The maximum Gasteiger partial charge on any atom is 0.282 e. The number of nitrogens with zero attached hydrogens (tertiary/aromatic N) is 2. The molecule has 1 aliphatic rings. The van der Waals surface area contributed by atoms with E-state index in [1.807, 2.05) is 0 Å². The molecule has 0 saturated heterocycles. The van der Waals surface area contributed by atoms with Crippen LogP contribution in [-0.4, -0.2) is 22.6 Å². The Hall–Kier alpha value is -0.680. The molecule has 1 N–H and O–H groups in total. The van der Waals surface area contributed by atoms with E-state index >= 15 is 0 Å². The molecule has 1 amide bonds. The van der Waals surface area contributed by atoms with Crippen LogP contribution in [0.15, 0.2) is 0 Å². The van der Waals surface area contributed by atoms with Crippen LogP contribution in [0.3, 0.4) is 0 Å². The molecule has 0 bridgehead atoms. The number of amides is 1. The molecule has 1 heterocycles. The number of aromatic nitrogens is 2. The lowest BCUT2D eigenvalue weighted by atomic mass is 10.1. The van der Waals surface area contributed by atoms with Crippen molar-refractivity contribution in [3.05, 3.63) is 9.47 Å². The lowest BCUT2D eigenvalue weighted by molar-refractivity contribution is 0.0945. The van der Waals surface area contributed by atoms with Crippen molar-refractivity contribution in [3.8, 4) is 0 Å². The summed E-state index contributed by atoms with van der Waals surface area (Å²) in [7, 11) is 0. The van der Waals surface area contributed by atoms with E-state index in [0.29, 0.717) is 21.9 Å². The number of halogens is 1. The van der Waals surface area contributed by atoms with Crippen LogP contribution < -0.4 is 5.32 Å². The number of hydrogen-bond acceptors (Lipinski definition) is 4. The third-order valence-corrected chi connectivity index (χ3v) is 3.62. The van der Waals surface area contributed by atoms with Crippen molar-refractivity contribution in [3.63, 3.8) is 0 Å². The zero-order valence-corrected chi connectivity index (χ0v) is 9.94. The highest BCUT2D eigenvalue weighted by atomic mass is 35.5. The van der Waals surface area contributed by atoms with E-state index in [4.69, 9.17) is 11.6 Å². The summed E-state index contributed by atoms with van der Waals surface area (Å²) in [6.45, 7) is 2.87. The second kappa shape index (κ2) is 4.45. The molecule has 0 spiro atoms. The lowest BCUT2D eigenvalue weighted by Gasteiger charge is -2.09. The second-order valence-corrected chi connectivity index (χ2v) is 5.44. The highest BCUT2D eigenvalue weighted by molar-refractivity contribution is 7.17. The third-order valence-electron chi connectivity index (χ3n) is 2.61. The fourth-order valence-corrected chi connectivity index (χ4v) is 2.20. The van der Waals surface area contributed by atoms with Gasteiger partial charge in [0.25, 0.3) is 5.91 Å². The van der Waals surface area contributed by atoms with Gasteiger partial charge in [-0.1, -0.05) is 18.3 Å².